The van der Waals surface area contributed by atoms with Crippen molar-refractivity contribution in [2.75, 3.05) is 6.61 Å². The number of aliphatic hydroxyl groups excluding tert-OH is 1. The third-order valence-corrected chi connectivity index (χ3v) is 5.21. The fourth-order valence-corrected chi connectivity index (χ4v) is 4.52. The van der Waals surface area contributed by atoms with Gasteiger partial charge in [-0.25, -0.2) is 4.79 Å². The van der Waals surface area contributed by atoms with Crippen LogP contribution in [0.2, 0.25) is 0 Å². The van der Waals surface area contributed by atoms with Crippen molar-refractivity contribution in [3.63, 3.8) is 0 Å². The zero-order valence-corrected chi connectivity index (χ0v) is 14.2. The van der Waals surface area contributed by atoms with Gasteiger partial charge < -0.3 is 14.9 Å². The van der Waals surface area contributed by atoms with Crippen LogP contribution < -0.4 is 0 Å². The maximum Gasteiger partial charge on any atom is 0.353 e. The molecule has 0 aliphatic carbocycles. The fourth-order valence-electron chi connectivity index (χ4n) is 2.82. The van der Waals surface area contributed by atoms with Crippen LogP contribution in [0, 0.1) is 5.92 Å². The van der Waals surface area contributed by atoms with E-state index in [1.54, 1.807) is 6.92 Å². The van der Waals surface area contributed by atoms with Gasteiger partial charge in [0.25, 0.3) is 0 Å². The number of hydrogen-bond acceptors (Lipinski definition) is 5. The molecule has 1 amide bonds. The summed E-state index contributed by atoms with van der Waals surface area (Å²) in [6.07, 6.45) is 0.706. The zero-order chi connectivity index (χ0) is 13.7. The molecule has 8 heteroatoms. The molecule has 6 nitrogen and oxygen atoms in total. The molecular formula is C12H15NNaO5S. The van der Waals surface area contributed by atoms with Crippen molar-refractivity contribution in [2.24, 2.45) is 5.92 Å². The van der Waals surface area contributed by atoms with E-state index < -0.39 is 18.0 Å². The topological polar surface area (TPSA) is 87.1 Å². The second kappa shape index (κ2) is 5.98. The van der Waals surface area contributed by atoms with Crippen molar-refractivity contribution >= 4 is 53.2 Å². The summed E-state index contributed by atoms with van der Waals surface area (Å²) in [6.45, 7) is 2.19. The van der Waals surface area contributed by atoms with Gasteiger partial charge in [-0.15, -0.1) is 0 Å². The molecule has 0 aromatic carbocycles. The van der Waals surface area contributed by atoms with Crippen molar-refractivity contribution in [3.05, 3.63) is 10.6 Å². The Kier molecular flexibility index (Phi) is 4.88. The van der Waals surface area contributed by atoms with E-state index in [4.69, 9.17) is 4.74 Å². The van der Waals surface area contributed by atoms with Crippen LogP contribution in [-0.2, 0) is 14.3 Å². The number of amides is 1. The van der Waals surface area contributed by atoms with Gasteiger partial charge in [0.2, 0.25) is 5.91 Å². The molecule has 0 bridgehead atoms. The molecule has 2 N–H and O–H groups in total. The summed E-state index contributed by atoms with van der Waals surface area (Å²) in [5.41, 5.74) is 0.0452. The Bertz CT molecular complexity index is 474. The van der Waals surface area contributed by atoms with Crippen molar-refractivity contribution in [1.82, 2.24) is 4.90 Å². The van der Waals surface area contributed by atoms with E-state index in [0.717, 1.165) is 12.8 Å². The van der Waals surface area contributed by atoms with Crippen molar-refractivity contribution in [3.8, 4) is 0 Å². The van der Waals surface area contributed by atoms with Crippen LogP contribution in [0.25, 0.3) is 0 Å². The van der Waals surface area contributed by atoms with Gasteiger partial charge in [0.15, 0.2) is 0 Å². The maximum absolute atomic E-state index is 12.0. The van der Waals surface area contributed by atoms with Gasteiger partial charge in [0.1, 0.15) is 11.1 Å². The minimum Gasteiger partial charge on any atom is -0.477 e. The summed E-state index contributed by atoms with van der Waals surface area (Å²) in [6, 6.07) is 0. The molecule has 1 radical (unpaired) electrons. The van der Waals surface area contributed by atoms with Crippen LogP contribution in [0.1, 0.15) is 19.8 Å². The molecule has 3 aliphatic heterocycles. The summed E-state index contributed by atoms with van der Waals surface area (Å²) < 4.78 is 5.53. The second-order valence-electron chi connectivity index (χ2n) is 5.00. The van der Waals surface area contributed by atoms with Crippen LogP contribution in [0.5, 0.6) is 0 Å². The van der Waals surface area contributed by atoms with Crippen LogP contribution in [0.3, 0.4) is 0 Å². The molecule has 2 fully saturated rings. The standard InChI is InChI=1S/C12H15NO5S.Na/c1-5(14)7-10(15)13-8(12(16)17)9(19-11(7)13)6-3-2-4-18-6;/h5-7,11,14H,2-4H2,1H3,(H,16,17);/t5-,6-,7+,11-;/m1./s1. The number of fused-ring (bicyclic) bond motifs is 1. The zero-order valence-electron chi connectivity index (χ0n) is 11.4. The van der Waals surface area contributed by atoms with Gasteiger partial charge in [0, 0.05) is 41.1 Å². The van der Waals surface area contributed by atoms with Crippen LogP contribution in [-0.4, -0.2) is 80.7 Å². The van der Waals surface area contributed by atoms with E-state index >= 15 is 0 Å². The van der Waals surface area contributed by atoms with E-state index in [1.165, 1.54) is 16.7 Å². The van der Waals surface area contributed by atoms with E-state index in [0.29, 0.717) is 11.5 Å². The van der Waals surface area contributed by atoms with Gasteiger partial charge in [0.05, 0.1) is 18.1 Å². The minimum atomic E-state index is -1.10. The summed E-state index contributed by atoms with van der Waals surface area (Å²) in [4.78, 5) is 25.3. The molecule has 105 valence electrons. The molecule has 4 atom stereocenters. The number of aliphatic hydroxyl groups is 1. The molecule has 0 saturated carbocycles. The smallest absolute Gasteiger partial charge is 0.353 e. The van der Waals surface area contributed by atoms with Crippen LogP contribution >= 0.6 is 11.8 Å². The third kappa shape index (κ3) is 2.34. The normalized spacial score (nSPS) is 33.6. The monoisotopic (exact) mass is 308 g/mol. The summed E-state index contributed by atoms with van der Waals surface area (Å²) in [5, 5.41) is 18.6. The number of carbonyl (C=O) groups is 2. The number of β-lactam (4-membered cyclic amide) rings is 1. The minimum absolute atomic E-state index is 0. The second-order valence-corrected chi connectivity index (χ2v) is 6.16. The maximum atomic E-state index is 12.0. The Labute approximate surface area is 142 Å². The van der Waals surface area contributed by atoms with Gasteiger partial charge in [-0.3, -0.25) is 9.69 Å². The Hall–Kier alpha value is -0.0500. The fraction of sp³-hybridized carbons (Fsp3) is 0.667. The first-order valence-corrected chi connectivity index (χ1v) is 7.17. The molecular weight excluding hydrogens is 293 g/mol. The van der Waals surface area contributed by atoms with Crippen LogP contribution in [0.4, 0.5) is 0 Å². The van der Waals surface area contributed by atoms with Gasteiger partial charge >= 0.3 is 5.97 Å². The molecule has 3 heterocycles. The molecule has 0 aromatic heterocycles. The molecule has 0 spiro atoms. The number of carbonyl (C=O) groups excluding carboxylic acids is 1. The Balaban J connectivity index is 0.00000147. The summed E-state index contributed by atoms with van der Waals surface area (Å²) in [5.74, 6) is -1.92. The average molecular weight is 308 g/mol. The SMILES string of the molecule is C[C@@H](O)[C@H]1C(=O)N2C(C(=O)O)=C([C@H]3CCCO3)S[C@H]12.[Na]. The molecule has 0 aromatic rings. The van der Waals surface area contributed by atoms with Crippen LogP contribution in [0.15, 0.2) is 10.6 Å². The average Bonchev–Trinajstić information content (AvgIpc) is 2.92. The van der Waals surface area contributed by atoms with Gasteiger partial charge in [-0.1, -0.05) is 11.8 Å². The van der Waals surface area contributed by atoms with E-state index in [9.17, 15) is 19.8 Å². The number of thioether (sulfide) groups is 1. The van der Waals surface area contributed by atoms with E-state index in [-0.39, 0.29) is 52.6 Å². The molecule has 3 rings (SSSR count). The van der Waals surface area contributed by atoms with E-state index in [1.807, 2.05) is 0 Å². The van der Waals surface area contributed by atoms with Gasteiger partial charge in [-0.05, 0) is 19.8 Å². The predicted molar refractivity (Wildman–Crippen MR) is 72.8 cm³/mol. The van der Waals surface area contributed by atoms with Crippen molar-refractivity contribution in [2.45, 2.75) is 37.3 Å². The van der Waals surface area contributed by atoms with Crippen molar-refractivity contribution in [1.29, 1.82) is 0 Å². The number of rotatable bonds is 3. The number of carboxylic acid groups (broad SMARTS) is 1. The van der Waals surface area contributed by atoms with Crippen molar-refractivity contribution < 1.29 is 24.5 Å². The molecule has 3 aliphatic rings. The number of aliphatic carboxylic acids is 1. The Morgan fingerprint density at radius 1 is 1.55 bits per heavy atom. The first-order valence-electron chi connectivity index (χ1n) is 6.29. The number of carboxylic acids is 1. The number of ether oxygens (including phenoxy) is 1. The molecule has 0 unspecified atom stereocenters. The number of hydrogen-bond donors (Lipinski definition) is 2. The largest absolute Gasteiger partial charge is 0.477 e. The summed E-state index contributed by atoms with van der Waals surface area (Å²) >= 11 is 1.35. The van der Waals surface area contributed by atoms with Gasteiger partial charge in [-0.2, -0.15) is 0 Å². The third-order valence-electron chi connectivity index (χ3n) is 3.75. The first-order chi connectivity index (χ1) is 9.02. The Morgan fingerprint density at radius 2 is 2.25 bits per heavy atom. The van der Waals surface area contributed by atoms with E-state index in [2.05, 4.69) is 0 Å². The predicted octanol–water partition coefficient (Wildman–Crippen LogP) is -0.00710. The quantitative estimate of drug-likeness (QED) is 0.563. The molecule has 20 heavy (non-hydrogen) atoms. The first kappa shape index (κ1) is 16.3. The Morgan fingerprint density at radius 3 is 2.75 bits per heavy atom. The molecule has 2 saturated heterocycles. The number of nitrogens with zero attached hydrogens (tertiary/aromatic N) is 1. The summed E-state index contributed by atoms with van der Waals surface area (Å²) in [7, 11) is 0.